The summed E-state index contributed by atoms with van der Waals surface area (Å²) in [7, 11) is 0. The van der Waals surface area contributed by atoms with E-state index in [4.69, 9.17) is 11.8 Å². The summed E-state index contributed by atoms with van der Waals surface area (Å²) in [5.74, 6) is 0. The third-order valence-corrected chi connectivity index (χ3v) is 2.47. The minimum absolute atomic E-state index is 0.719. The fourth-order valence-corrected chi connectivity index (χ4v) is 1.23. The second-order valence-corrected chi connectivity index (χ2v) is 4.72. The largest absolute Gasteiger partial charge is 0.512 e. The molecule has 0 radical (unpaired) electrons. The van der Waals surface area contributed by atoms with Crippen LogP contribution < -0.4 is 0 Å². The van der Waals surface area contributed by atoms with Gasteiger partial charge in [0.2, 0.25) is 0 Å². The molecule has 2 heteroatoms. The van der Waals surface area contributed by atoms with Crippen molar-refractivity contribution >= 4 is 0 Å². The molecule has 0 aromatic carbocycles. The molecule has 0 rings (SSSR count). The average Bonchev–Trinajstić information content (AvgIpc) is 1.75. The van der Waals surface area contributed by atoms with Crippen molar-refractivity contribution in [3.8, 4) is 0 Å². The van der Waals surface area contributed by atoms with Gasteiger partial charge in [0.15, 0.2) is 0 Å². The van der Waals surface area contributed by atoms with Gasteiger partial charge in [0.05, 0.1) is 0 Å². The number of hydrogen-bond acceptors (Lipinski definition) is 1. The number of nitrogens with zero attached hydrogens (tertiary/aromatic N) is 1. The van der Waals surface area contributed by atoms with Gasteiger partial charge >= 0.3 is 42.9 Å². The van der Waals surface area contributed by atoms with E-state index in [-0.39, 0.29) is 0 Å². The molecule has 0 amide bonds. The van der Waals surface area contributed by atoms with E-state index in [0.29, 0.717) is 0 Å². The molecule has 0 saturated carbocycles. The van der Waals surface area contributed by atoms with E-state index in [2.05, 4.69) is 13.8 Å². The van der Waals surface area contributed by atoms with E-state index in [0.717, 1.165) is 19.8 Å². The Morgan fingerprint density at radius 3 is 1.57 bits per heavy atom. The molecule has 0 fully saturated rings. The SMILES string of the molecule is C[CH2][Au+][CH2]C.[C-]#N. The maximum atomic E-state index is 6.25. The molecule has 0 atom stereocenters. The van der Waals surface area contributed by atoms with Crippen LogP contribution >= 0.6 is 0 Å². The van der Waals surface area contributed by atoms with Gasteiger partial charge in [0, 0.05) is 0 Å². The summed E-state index contributed by atoms with van der Waals surface area (Å²) in [6, 6.07) is 0. The van der Waals surface area contributed by atoms with Crippen molar-refractivity contribution in [2.75, 3.05) is 0 Å². The molecule has 0 bridgehead atoms. The standard InChI is InChI=1S/2C2H5.CN.Au/c3*1-2;/h2*1H2,2H3;;/q;;-1;+1. The summed E-state index contributed by atoms with van der Waals surface area (Å²) in [5.41, 5.74) is 0. The van der Waals surface area contributed by atoms with E-state index in [9.17, 15) is 0 Å². The van der Waals surface area contributed by atoms with Gasteiger partial charge in [-0.2, -0.15) is 0 Å². The number of hydrogen-bond donors (Lipinski definition) is 0. The van der Waals surface area contributed by atoms with Crippen LogP contribution in [-0.4, -0.2) is 0 Å². The van der Waals surface area contributed by atoms with Gasteiger partial charge in [-0.05, 0) is 0 Å². The van der Waals surface area contributed by atoms with Crippen molar-refractivity contribution < 1.29 is 19.8 Å². The molecule has 0 N–H and O–H groups in total. The van der Waals surface area contributed by atoms with Gasteiger partial charge in [0.1, 0.15) is 0 Å². The Balaban J connectivity index is 0. The zero-order valence-electron chi connectivity index (χ0n) is 4.66. The molecule has 7 heavy (non-hydrogen) atoms. The van der Waals surface area contributed by atoms with Crippen LogP contribution in [0.15, 0.2) is 0 Å². The fourth-order valence-electron chi connectivity index (χ4n) is 0.151. The summed E-state index contributed by atoms with van der Waals surface area (Å²) in [5, 5.41) is 6.25. The van der Waals surface area contributed by atoms with Crippen LogP contribution in [0.2, 0.25) is 9.28 Å². The molecule has 0 aliphatic rings. The fraction of sp³-hybridized carbons (Fsp3) is 0.800. The molecule has 1 nitrogen and oxygen atoms in total. The molecule has 0 aromatic heterocycles. The van der Waals surface area contributed by atoms with Gasteiger partial charge in [0.25, 0.3) is 0 Å². The first kappa shape index (κ1) is 10.3. The van der Waals surface area contributed by atoms with Gasteiger partial charge in [-0.15, -0.1) is 0 Å². The van der Waals surface area contributed by atoms with Crippen LogP contribution in [0.3, 0.4) is 0 Å². The molecule has 0 saturated heterocycles. The van der Waals surface area contributed by atoms with Crippen LogP contribution in [0.4, 0.5) is 0 Å². The van der Waals surface area contributed by atoms with Crippen molar-refractivity contribution in [1.82, 2.24) is 0 Å². The minimum Gasteiger partial charge on any atom is -0.512 e. The van der Waals surface area contributed by atoms with E-state index >= 15 is 0 Å². The van der Waals surface area contributed by atoms with Gasteiger partial charge in [-0.25, -0.2) is 0 Å². The van der Waals surface area contributed by atoms with Gasteiger partial charge in [-0.3, -0.25) is 0 Å². The third kappa shape index (κ3) is 22.4. The topological polar surface area (TPSA) is 23.8 Å². The van der Waals surface area contributed by atoms with Gasteiger partial charge < -0.3 is 11.8 Å². The summed E-state index contributed by atoms with van der Waals surface area (Å²) in [6.07, 6.45) is 0. The zero-order chi connectivity index (χ0) is 6.12. The quantitative estimate of drug-likeness (QED) is 0.561. The first-order chi connectivity index (χ1) is 3.41. The van der Waals surface area contributed by atoms with Crippen molar-refractivity contribution in [2.45, 2.75) is 23.1 Å². The first-order valence-corrected chi connectivity index (χ1v) is 5.13. The van der Waals surface area contributed by atoms with Gasteiger partial charge in [-0.1, -0.05) is 0 Å². The smallest absolute Gasteiger partial charge is 0.488 e. The Morgan fingerprint density at radius 1 is 1.29 bits per heavy atom. The summed E-state index contributed by atoms with van der Waals surface area (Å²) >= 11 is 0.719. The van der Waals surface area contributed by atoms with Crippen molar-refractivity contribution in [2.24, 2.45) is 0 Å². The van der Waals surface area contributed by atoms with E-state index in [1.165, 1.54) is 9.28 Å². The summed E-state index contributed by atoms with van der Waals surface area (Å²) < 4.78 is 2.88. The second-order valence-electron chi connectivity index (χ2n) is 0.577. The monoisotopic (exact) mass is 281 g/mol. The zero-order valence-corrected chi connectivity index (χ0v) is 6.83. The molecular formula is C5H10AuN. The van der Waals surface area contributed by atoms with Crippen LogP contribution in [0.25, 0.3) is 0 Å². The summed E-state index contributed by atoms with van der Waals surface area (Å²) in [6.45, 7) is 9.26. The summed E-state index contributed by atoms with van der Waals surface area (Å²) in [4.78, 5) is 0. The molecule has 0 spiro atoms. The Morgan fingerprint density at radius 2 is 1.57 bits per heavy atom. The van der Waals surface area contributed by atoms with Crippen LogP contribution in [0.5, 0.6) is 0 Å². The number of rotatable bonds is 2. The third-order valence-electron chi connectivity index (χ3n) is 0.302. The van der Waals surface area contributed by atoms with Crippen LogP contribution in [0.1, 0.15) is 13.8 Å². The maximum absolute atomic E-state index is 6.25. The van der Waals surface area contributed by atoms with E-state index in [1.807, 2.05) is 0 Å². The van der Waals surface area contributed by atoms with Crippen LogP contribution in [-0.2, 0) is 19.8 Å². The predicted molar refractivity (Wildman–Crippen MR) is 25.9 cm³/mol. The van der Waals surface area contributed by atoms with E-state index < -0.39 is 0 Å². The second kappa shape index (κ2) is 16.3. The predicted octanol–water partition coefficient (Wildman–Crippen LogP) is 2.04. The van der Waals surface area contributed by atoms with E-state index in [1.54, 1.807) is 0 Å². The van der Waals surface area contributed by atoms with Crippen molar-refractivity contribution in [3.05, 3.63) is 6.57 Å². The molecule has 46 valence electrons. The van der Waals surface area contributed by atoms with Crippen molar-refractivity contribution in [1.29, 1.82) is 5.26 Å². The molecular weight excluding hydrogens is 271 g/mol. The molecule has 0 heterocycles. The molecule has 0 aliphatic heterocycles. The Labute approximate surface area is 55.0 Å². The molecule has 0 unspecified atom stereocenters. The maximum Gasteiger partial charge on any atom is -0.488 e. The first-order valence-electron chi connectivity index (χ1n) is 2.06. The average molecular weight is 281 g/mol. The Hall–Kier alpha value is 0.230. The van der Waals surface area contributed by atoms with Crippen molar-refractivity contribution in [3.63, 3.8) is 0 Å². The minimum atomic E-state index is 0.719. The Bertz CT molecular complexity index is 32.3. The Kier molecular flexibility index (Phi) is 23.9. The molecule has 0 aromatic rings. The normalized spacial score (nSPS) is 6.86. The van der Waals surface area contributed by atoms with Crippen LogP contribution in [0, 0.1) is 11.8 Å². The molecule has 0 aliphatic carbocycles.